The number of rotatable bonds is 7. The van der Waals surface area contributed by atoms with E-state index in [4.69, 9.17) is 21.2 Å². The molecule has 8 heteroatoms. The first-order valence-electron chi connectivity index (χ1n) is 10.4. The first-order chi connectivity index (χ1) is 16.0. The third kappa shape index (κ3) is 5.43. The molecule has 0 fully saturated rings. The number of benzene rings is 3. The van der Waals surface area contributed by atoms with Gasteiger partial charge in [0.2, 0.25) is 0 Å². The number of carbonyl (C=O) groups is 1. The summed E-state index contributed by atoms with van der Waals surface area (Å²) >= 11 is 6.29. The van der Waals surface area contributed by atoms with Crippen LogP contribution < -0.4 is 10.1 Å². The number of amides is 2. The molecule has 4 rings (SSSR count). The van der Waals surface area contributed by atoms with Gasteiger partial charge in [-0.1, -0.05) is 65.3 Å². The lowest BCUT2D eigenvalue weighted by atomic mass is 10.0. The molecule has 0 aromatic heterocycles. The smallest absolute Gasteiger partial charge is 0.322 e. The molecule has 0 bridgehead atoms. The van der Waals surface area contributed by atoms with Crippen LogP contribution in [0, 0.1) is 5.82 Å². The maximum atomic E-state index is 14.4. The van der Waals surface area contributed by atoms with Crippen molar-refractivity contribution in [1.29, 1.82) is 0 Å². The lowest BCUT2D eigenvalue weighted by Gasteiger charge is -2.26. The van der Waals surface area contributed by atoms with E-state index in [9.17, 15) is 9.18 Å². The minimum atomic E-state index is -0.405. The number of hydrogen-bond donors (Lipinski definition) is 1. The SMILES string of the molecule is COc1ccccc1NC(=O)N(Cc1ccccc1F)CC1CC(c2ccccc2Cl)=NO1. The van der Waals surface area contributed by atoms with Gasteiger partial charge in [0.05, 0.1) is 31.6 Å². The molecule has 0 aliphatic carbocycles. The van der Waals surface area contributed by atoms with E-state index in [1.54, 1.807) is 42.5 Å². The lowest BCUT2D eigenvalue weighted by molar-refractivity contribution is 0.0606. The van der Waals surface area contributed by atoms with Crippen molar-refractivity contribution < 1.29 is 18.8 Å². The highest BCUT2D eigenvalue weighted by Gasteiger charge is 2.28. The van der Waals surface area contributed by atoms with E-state index >= 15 is 0 Å². The summed E-state index contributed by atoms with van der Waals surface area (Å²) in [4.78, 5) is 20.3. The third-order valence-corrected chi connectivity index (χ3v) is 5.63. The Morgan fingerprint density at radius 2 is 1.88 bits per heavy atom. The molecular formula is C25H23ClFN3O3. The monoisotopic (exact) mass is 467 g/mol. The van der Waals surface area contributed by atoms with Gasteiger partial charge in [-0.05, 0) is 24.3 Å². The van der Waals surface area contributed by atoms with Gasteiger partial charge >= 0.3 is 6.03 Å². The normalized spacial score (nSPS) is 14.9. The summed E-state index contributed by atoms with van der Waals surface area (Å²) in [5.41, 5.74) is 2.42. The Balaban J connectivity index is 1.51. The van der Waals surface area contributed by atoms with E-state index in [1.165, 1.54) is 18.1 Å². The molecule has 2 amide bonds. The van der Waals surface area contributed by atoms with Crippen LogP contribution in [-0.4, -0.2) is 36.4 Å². The third-order valence-electron chi connectivity index (χ3n) is 5.30. The Kier molecular flexibility index (Phi) is 7.10. The number of ether oxygens (including phenoxy) is 1. The Hall–Kier alpha value is -3.58. The van der Waals surface area contributed by atoms with E-state index in [1.807, 2.05) is 24.3 Å². The van der Waals surface area contributed by atoms with Crippen molar-refractivity contribution in [3.05, 3.63) is 94.8 Å². The number of hydrogen-bond acceptors (Lipinski definition) is 4. The van der Waals surface area contributed by atoms with Gasteiger partial charge in [-0.2, -0.15) is 0 Å². The zero-order chi connectivity index (χ0) is 23.2. The van der Waals surface area contributed by atoms with Gasteiger partial charge in [0.1, 0.15) is 11.6 Å². The van der Waals surface area contributed by atoms with Crippen LogP contribution in [-0.2, 0) is 11.4 Å². The zero-order valence-corrected chi connectivity index (χ0v) is 18.8. The number of oxime groups is 1. The summed E-state index contributed by atoms with van der Waals surface area (Å²) in [5.74, 6) is 0.145. The van der Waals surface area contributed by atoms with Crippen molar-refractivity contribution in [1.82, 2.24) is 4.90 Å². The molecule has 1 aliphatic rings. The quantitative estimate of drug-likeness (QED) is 0.483. The fourth-order valence-corrected chi connectivity index (χ4v) is 3.86. The van der Waals surface area contributed by atoms with Crippen LogP contribution in [0.2, 0.25) is 5.02 Å². The maximum Gasteiger partial charge on any atom is 0.322 e. The molecule has 1 atom stereocenters. The van der Waals surface area contributed by atoms with E-state index < -0.39 is 12.1 Å². The van der Waals surface area contributed by atoms with Crippen molar-refractivity contribution in [2.75, 3.05) is 19.0 Å². The molecule has 0 saturated carbocycles. The van der Waals surface area contributed by atoms with E-state index in [2.05, 4.69) is 10.5 Å². The highest BCUT2D eigenvalue weighted by molar-refractivity contribution is 6.34. The van der Waals surface area contributed by atoms with Crippen molar-refractivity contribution in [2.45, 2.75) is 19.1 Å². The predicted octanol–water partition coefficient (Wildman–Crippen LogP) is 5.72. The van der Waals surface area contributed by atoms with Gasteiger partial charge in [0.15, 0.2) is 6.10 Å². The van der Waals surface area contributed by atoms with Crippen LogP contribution >= 0.6 is 11.6 Å². The van der Waals surface area contributed by atoms with E-state index in [0.29, 0.717) is 34.2 Å². The summed E-state index contributed by atoms with van der Waals surface area (Å²) in [6, 6.07) is 20.4. The van der Waals surface area contributed by atoms with Crippen molar-refractivity contribution >= 4 is 29.0 Å². The Labute approximate surface area is 196 Å². The number of nitrogens with zero attached hydrogens (tertiary/aromatic N) is 2. The first-order valence-corrected chi connectivity index (χ1v) is 10.8. The number of halogens is 2. The minimum absolute atomic E-state index is 0.0644. The second kappa shape index (κ2) is 10.4. The van der Waals surface area contributed by atoms with Crippen LogP contribution in [0.4, 0.5) is 14.9 Å². The number of para-hydroxylation sites is 2. The molecular weight excluding hydrogens is 445 g/mol. The maximum absolute atomic E-state index is 14.4. The molecule has 0 spiro atoms. The number of urea groups is 1. The van der Waals surface area contributed by atoms with Gasteiger partial charge < -0.3 is 19.8 Å². The molecule has 0 saturated heterocycles. The highest BCUT2D eigenvalue weighted by atomic mass is 35.5. The average molecular weight is 468 g/mol. The lowest BCUT2D eigenvalue weighted by Crippen LogP contribution is -2.40. The minimum Gasteiger partial charge on any atom is -0.495 e. The van der Waals surface area contributed by atoms with Crippen LogP contribution in [0.5, 0.6) is 5.75 Å². The highest BCUT2D eigenvalue weighted by Crippen LogP contribution is 2.26. The molecule has 3 aromatic carbocycles. The van der Waals surface area contributed by atoms with Crippen LogP contribution in [0.15, 0.2) is 78.0 Å². The molecule has 33 heavy (non-hydrogen) atoms. The summed E-state index contributed by atoms with van der Waals surface area (Å²) in [6.07, 6.45) is 0.0749. The largest absolute Gasteiger partial charge is 0.495 e. The van der Waals surface area contributed by atoms with Crippen LogP contribution in [0.25, 0.3) is 0 Å². The number of anilines is 1. The Morgan fingerprint density at radius 3 is 2.67 bits per heavy atom. The summed E-state index contributed by atoms with van der Waals surface area (Å²) in [5, 5.41) is 7.61. The van der Waals surface area contributed by atoms with Gasteiger partial charge in [0, 0.05) is 22.6 Å². The van der Waals surface area contributed by atoms with Gasteiger partial charge in [-0.25, -0.2) is 9.18 Å². The summed E-state index contributed by atoms with van der Waals surface area (Å²) in [7, 11) is 1.53. The molecule has 6 nitrogen and oxygen atoms in total. The number of methoxy groups -OCH3 is 1. The average Bonchev–Trinajstić information content (AvgIpc) is 3.29. The predicted molar refractivity (Wildman–Crippen MR) is 126 cm³/mol. The summed E-state index contributed by atoms with van der Waals surface area (Å²) < 4.78 is 19.7. The first kappa shape index (κ1) is 22.6. The molecule has 3 aromatic rings. The topological polar surface area (TPSA) is 63.2 Å². The Bertz CT molecular complexity index is 1170. The standard InChI is InChI=1S/C25H23ClFN3O3/c1-32-24-13-7-6-12-22(24)28-25(31)30(15-17-8-2-5-11-21(17)27)16-18-14-23(29-33-18)19-9-3-4-10-20(19)26/h2-13,18H,14-16H2,1H3,(H,28,31). The molecule has 0 radical (unpaired) electrons. The molecule has 170 valence electrons. The van der Waals surface area contributed by atoms with Gasteiger partial charge in [-0.15, -0.1) is 0 Å². The number of carbonyl (C=O) groups excluding carboxylic acids is 1. The van der Waals surface area contributed by atoms with Crippen LogP contribution in [0.1, 0.15) is 17.5 Å². The van der Waals surface area contributed by atoms with Crippen LogP contribution in [0.3, 0.4) is 0 Å². The van der Waals surface area contributed by atoms with Crippen molar-refractivity contribution in [2.24, 2.45) is 5.16 Å². The second-order valence-corrected chi connectivity index (χ2v) is 7.96. The zero-order valence-electron chi connectivity index (χ0n) is 18.0. The summed E-state index contributed by atoms with van der Waals surface area (Å²) in [6.45, 7) is 0.266. The van der Waals surface area contributed by atoms with Gasteiger partial charge in [0.25, 0.3) is 0 Å². The van der Waals surface area contributed by atoms with Crippen molar-refractivity contribution in [3.8, 4) is 5.75 Å². The van der Waals surface area contributed by atoms with Gasteiger partial charge in [-0.3, -0.25) is 0 Å². The second-order valence-electron chi connectivity index (χ2n) is 7.55. The molecule has 1 unspecified atom stereocenters. The molecule has 1 N–H and O–H groups in total. The fourth-order valence-electron chi connectivity index (χ4n) is 3.62. The van der Waals surface area contributed by atoms with E-state index in [-0.39, 0.29) is 18.9 Å². The van der Waals surface area contributed by atoms with E-state index in [0.717, 1.165) is 5.56 Å². The van der Waals surface area contributed by atoms with Crippen molar-refractivity contribution in [3.63, 3.8) is 0 Å². The molecule has 1 heterocycles. The Morgan fingerprint density at radius 1 is 1.15 bits per heavy atom. The fraction of sp³-hybridized carbons (Fsp3) is 0.200. The number of nitrogens with one attached hydrogen (secondary N) is 1. The molecule has 1 aliphatic heterocycles.